The fourth-order valence-electron chi connectivity index (χ4n) is 5.90. The summed E-state index contributed by atoms with van der Waals surface area (Å²) in [4.78, 5) is 41.4. The number of carbonyl (C=O) groups is 3. The highest BCUT2D eigenvalue weighted by atomic mass is 16.6. The topological polar surface area (TPSA) is 91.4 Å². The minimum atomic E-state index is -0.844. The molecule has 6 rings (SSSR count). The summed E-state index contributed by atoms with van der Waals surface area (Å²) < 4.78 is 24.5. The second-order valence-corrected chi connectivity index (χ2v) is 11.0. The summed E-state index contributed by atoms with van der Waals surface area (Å²) in [6.07, 6.45) is -2.31. The van der Waals surface area contributed by atoms with Crippen molar-refractivity contribution in [3.8, 4) is 0 Å². The molecule has 2 fully saturated rings. The fraction of sp³-hybridized carbons (Fsp3) is 0.250. The van der Waals surface area contributed by atoms with Crippen LogP contribution in [0.3, 0.4) is 0 Å². The third kappa shape index (κ3) is 6.66. The largest absolute Gasteiger partial charge is 0.462 e. The van der Waals surface area contributed by atoms with Gasteiger partial charge in [0.25, 0.3) is 0 Å². The highest BCUT2D eigenvalue weighted by Gasteiger charge is 2.56. The smallest absolute Gasteiger partial charge is 0.410 e. The second kappa shape index (κ2) is 13.6. The van der Waals surface area contributed by atoms with Crippen LogP contribution in [-0.4, -0.2) is 53.9 Å². The number of hydrogen-bond acceptors (Lipinski definition) is 7. The van der Waals surface area contributed by atoms with Gasteiger partial charge in [0.2, 0.25) is 0 Å². The molecule has 224 valence electrons. The molecule has 5 atom stereocenters. The van der Waals surface area contributed by atoms with E-state index in [-0.39, 0.29) is 13.2 Å². The number of benzene rings is 4. The van der Waals surface area contributed by atoms with Gasteiger partial charge in [-0.2, -0.15) is 0 Å². The fourth-order valence-corrected chi connectivity index (χ4v) is 5.90. The van der Waals surface area contributed by atoms with Crippen LogP contribution in [0.5, 0.6) is 0 Å². The Morgan fingerprint density at radius 3 is 1.86 bits per heavy atom. The maximum Gasteiger partial charge on any atom is 0.410 e. The molecule has 1 aliphatic carbocycles. The number of hydrogen-bond donors (Lipinski definition) is 0. The first-order chi connectivity index (χ1) is 21.6. The maximum atomic E-state index is 13.5. The van der Waals surface area contributed by atoms with Gasteiger partial charge in [0.1, 0.15) is 24.4 Å². The van der Waals surface area contributed by atoms with Crippen molar-refractivity contribution in [2.24, 2.45) is 5.92 Å². The van der Waals surface area contributed by atoms with Gasteiger partial charge in [-0.15, -0.1) is 0 Å². The maximum absolute atomic E-state index is 13.5. The Bertz CT molecular complexity index is 1550. The number of nitrogens with zero attached hydrogens (tertiary/aromatic N) is 1. The first-order valence-corrected chi connectivity index (χ1v) is 14.7. The molecule has 1 amide bonds. The molecule has 8 nitrogen and oxygen atoms in total. The van der Waals surface area contributed by atoms with E-state index in [4.69, 9.17) is 18.9 Å². The molecule has 2 aliphatic rings. The van der Waals surface area contributed by atoms with Gasteiger partial charge in [-0.3, -0.25) is 4.90 Å². The predicted octanol–water partition coefficient (Wildman–Crippen LogP) is 6.06. The van der Waals surface area contributed by atoms with E-state index in [2.05, 4.69) is 0 Å². The summed E-state index contributed by atoms with van der Waals surface area (Å²) in [6.45, 7) is 0.474. The third-order valence-corrected chi connectivity index (χ3v) is 8.06. The predicted molar refractivity (Wildman–Crippen MR) is 162 cm³/mol. The van der Waals surface area contributed by atoms with Crippen LogP contribution in [0.2, 0.25) is 0 Å². The molecule has 1 aliphatic heterocycles. The molecule has 1 heterocycles. The van der Waals surface area contributed by atoms with Gasteiger partial charge in [-0.1, -0.05) is 97.1 Å². The zero-order chi connectivity index (χ0) is 30.3. The van der Waals surface area contributed by atoms with Crippen molar-refractivity contribution in [1.82, 2.24) is 4.90 Å². The van der Waals surface area contributed by atoms with Gasteiger partial charge >= 0.3 is 18.0 Å². The molecule has 8 heteroatoms. The quantitative estimate of drug-likeness (QED) is 0.163. The SMILES string of the molecule is O=C(OC[C@@H]1C[C@@H]2OC(=O)N(Cc3ccccc3)[C@@H]2[C@@H](OCc2ccccc2)[C@H]1OC(=O)c1ccccc1)c1ccccc1. The lowest BCUT2D eigenvalue weighted by Gasteiger charge is -2.44. The number of rotatable bonds is 10. The lowest BCUT2D eigenvalue weighted by Crippen LogP contribution is -2.59. The van der Waals surface area contributed by atoms with Crippen molar-refractivity contribution in [2.45, 2.75) is 43.9 Å². The van der Waals surface area contributed by atoms with Crippen molar-refractivity contribution >= 4 is 18.0 Å². The van der Waals surface area contributed by atoms with Crippen LogP contribution in [-0.2, 0) is 32.1 Å². The molecule has 1 saturated heterocycles. The van der Waals surface area contributed by atoms with Crippen molar-refractivity contribution in [3.05, 3.63) is 144 Å². The highest BCUT2D eigenvalue weighted by Crippen LogP contribution is 2.40. The van der Waals surface area contributed by atoms with Gasteiger partial charge in [0, 0.05) is 12.5 Å². The molecule has 4 aromatic rings. The molecule has 0 unspecified atom stereocenters. The Labute approximate surface area is 256 Å². The average molecular weight is 592 g/mol. The minimum absolute atomic E-state index is 0.0505. The van der Waals surface area contributed by atoms with Crippen molar-refractivity contribution < 1.29 is 33.3 Å². The Balaban J connectivity index is 1.32. The van der Waals surface area contributed by atoms with Gasteiger partial charge in [-0.05, 0) is 41.8 Å². The summed E-state index contributed by atoms with van der Waals surface area (Å²) in [5.74, 6) is -1.51. The van der Waals surface area contributed by atoms with E-state index < -0.39 is 48.3 Å². The Morgan fingerprint density at radius 1 is 0.705 bits per heavy atom. The van der Waals surface area contributed by atoms with Gasteiger partial charge in [0.15, 0.2) is 0 Å². The summed E-state index contributed by atoms with van der Waals surface area (Å²) >= 11 is 0. The Morgan fingerprint density at radius 2 is 1.25 bits per heavy atom. The van der Waals surface area contributed by atoms with E-state index >= 15 is 0 Å². The van der Waals surface area contributed by atoms with Crippen LogP contribution in [0.1, 0.15) is 38.3 Å². The van der Waals surface area contributed by atoms with E-state index in [1.54, 1.807) is 53.4 Å². The van der Waals surface area contributed by atoms with Crippen LogP contribution in [0.4, 0.5) is 4.79 Å². The molecule has 0 spiro atoms. The van der Waals surface area contributed by atoms with Gasteiger partial charge < -0.3 is 18.9 Å². The lowest BCUT2D eigenvalue weighted by atomic mass is 9.79. The first kappa shape index (κ1) is 29.1. The van der Waals surface area contributed by atoms with E-state index in [1.807, 2.05) is 72.8 Å². The van der Waals surface area contributed by atoms with Crippen LogP contribution in [0, 0.1) is 5.92 Å². The average Bonchev–Trinajstić information content (AvgIpc) is 3.38. The number of esters is 2. The summed E-state index contributed by atoms with van der Waals surface area (Å²) in [5, 5.41) is 0. The highest BCUT2D eigenvalue weighted by molar-refractivity contribution is 5.90. The third-order valence-electron chi connectivity index (χ3n) is 8.06. The van der Waals surface area contributed by atoms with Crippen LogP contribution in [0.25, 0.3) is 0 Å². The van der Waals surface area contributed by atoms with E-state index in [0.29, 0.717) is 24.1 Å². The number of carbonyl (C=O) groups excluding carboxylic acids is 3. The van der Waals surface area contributed by atoms with Crippen molar-refractivity contribution in [3.63, 3.8) is 0 Å². The molecule has 0 radical (unpaired) electrons. The van der Waals surface area contributed by atoms with Gasteiger partial charge in [-0.25, -0.2) is 14.4 Å². The molecule has 4 aromatic carbocycles. The number of ether oxygens (including phenoxy) is 4. The summed E-state index contributed by atoms with van der Waals surface area (Å²) in [7, 11) is 0. The van der Waals surface area contributed by atoms with Crippen molar-refractivity contribution in [1.29, 1.82) is 0 Å². The minimum Gasteiger partial charge on any atom is -0.462 e. The van der Waals surface area contributed by atoms with Crippen molar-refractivity contribution in [2.75, 3.05) is 6.61 Å². The second-order valence-electron chi connectivity index (χ2n) is 11.0. The van der Waals surface area contributed by atoms with E-state index in [9.17, 15) is 14.4 Å². The standard InChI is InChI=1S/C36H33NO7/c38-34(27-17-9-3-10-18-27)42-24-29-21-30-31(37(36(40)43-30)22-25-13-5-1-6-14-25)33(41-23-26-15-7-2-8-16-26)32(29)44-35(39)28-19-11-4-12-20-28/h1-20,29-33H,21-24H2/t29-,30-,31-,32-,33+/m0/s1. The molecule has 1 saturated carbocycles. The van der Waals surface area contributed by atoms with Crippen LogP contribution < -0.4 is 0 Å². The summed E-state index contributed by atoms with van der Waals surface area (Å²) in [6, 6.07) is 36.2. The Hall–Kier alpha value is -4.95. The lowest BCUT2D eigenvalue weighted by molar-refractivity contribution is -0.146. The van der Waals surface area contributed by atoms with E-state index in [1.165, 1.54) is 0 Å². The van der Waals surface area contributed by atoms with Crippen LogP contribution >= 0.6 is 0 Å². The van der Waals surface area contributed by atoms with Crippen LogP contribution in [0.15, 0.2) is 121 Å². The zero-order valence-corrected chi connectivity index (χ0v) is 24.1. The monoisotopic (exact) mass is 591 g/mol. The van der Waals surface area contributed by atoms with E-state index in [0.717, 1.165) is 11.1 Å². The normalized spacial score (nSPS) is 22.5. The molecule has 0 N–H and O–H groups in total. The zero-order valence-electron chi connectivity index (χ0n) is 24.1. The molecular weight excluding hydrogens is 558 g/mol. The number of amides is 1. The molecule has 0 bridgehead atoms. The molecule has 44 heavy (non-hydrogen) atoms. The first-order valence-electron chi connectivity index (χ1n) is 14.7. The summed E-state index contributed by atoms with van der Waals surface area (Å²) in [5.41, 5.74) is 2.66. The molecular formula is C36H33NO7. The molecule has 0 aromatic heterocycles. The van der Waals surface area contributed by atoms with Gasteiger partial charge in [0.05, 0.1) is 24.3 Å². The Kier molecular flexibility index (Phi) is 8.98. The number of fused-ring (bicyclic) bond motifs is 1.